The van der Waals surface area contributed by atoms with Gasteiger partial charge in [0.1, 0.15) is 6.61 Å². The molecule has 1 aromatic rings. The Hall–Kier alpha value is -3.27. The largest absolute Gasteiger partial charge is 0.481 e. The van der Waals surface area contributed by atoms with E-state index in [2.05, 4.69) is 0 Å². The van der Waals surface area contributed by atoms with E-state index in [1.807, 2.05) is 0 Å². The lowest BCUT2D eigenvalue weighted by atomic mass is 10.1. The van der Waals surface area contributed by atoms with Crippen molar-refractivity contribution in [3.8, 4) is 0 Å². The second-order valence-corrected chi connectivity index (χ2v) is 5.66. The Labute approximate surface area is 154 Å². The zero-order valence-electron chi connectivity index (χ0n) is 14.3. The van der Waals surface area contributed by atoms with E-state index in [0.29, 0.717) is 15.7 Å². The van der Waals surface area contributed by atoms with E-state index < -0.39 is 36.2 Å². The summed E-state index contributed by atoms with van der Waals surface area (Å²) in [6.07, 6.45) is -0.745. The molecule has 1 N–H and O–H groups in total. The first-order valence-corrected chi connectivity index (χ1v) is 8.12. The third kappa shape index (κ3) is 5.61. The van der Waals surface area contributed by atoms with Gasteiger partial charge in [-0.15, -0.1) is 5.06 Å². The van der Waals surface area contributed by atoms with Gasteiger partial charge in [0.15, 0.2) is 6.04 Å². The maximum atomic E-state index is 12.4. The van der Waals surface area contributed by atoms with Gasteiger partial charge in [0.25, 0.3) is 11.8 Å². The van der Waals surface area contributed by atoms with E-state index in [1.54, 1.807) is 30.3 Å². The number of hydrogen-bond donors (Lipinski definition) is 1. The highest BCUT2D eigenvalue weighted by Gasteiger charge is 2.37. The van der Waals surface area contributed by atoms with Gasteiger partial charge < -0.3 is 9.94 Å². The number of aliphatic carboxylic acids is 1. The molecule has 1 fully saturated rings. The summed E-state index contributed by atoms with van der Waals surface area (Å²) in [6.45, 7) is -0.0575. The fourth-order valence-electron chi connectivity index (χ4n) is 2.34. The molecule has 0 bridgehead atoms. The van der Waals surface area contributed by atoms with Crippen LogP contribution >= 0.6 is 0 Å². The minimum Gasteiger partial charge on any atom is -0.481 e. The highest BCUT2D eigenvalue weighted by Crippen LogP contribution is 2.16. The summed E-state index contributed by atoms with van der Waals surface area (Å²) in [5.41, 5.74) is 0.708. The second-order valence-electron chi connectivity index (χ2n) is 5.66. The summed E-state index contributed by atoms with van der Waals surface area (Å²) in [5, 5.41) is 9.81. The van der Waals surface area contributed by atoms with E-state index in [4.69, 9.17) is 14.8 Å². The molecule has 0 saturated carbocycles. The molecule has 0 spiro atoms. The number of rotatable bonds is 10. The summed E-state index contributed by atoms with van der Waals surface area (Å²) in [4.78, 5) is 67.8. The maximum Gasteiger partial charge on any atom is 0.358 e. The van der Waals surface area contributed by atoms with Gasteiger partial charge in [-0.05, 0) is 12.0 Å². The van der Waals surface area contributed by atoms with Crippen LogP contribution < -0.4 is 0 Å². The summed E-state index contributed by atoms with van der Waals surface area (Å²) < 4.78 is 0. The van der Waals surface area contributed by atoms with Crippen molar-refractivity contribution in [3.63, 3.8) is 0 Å². The number of hydrogen-bond acceptors (Lipinski definition) is 7. The molecule has 0 aromatic heterocycles. The molecule has 0 radical (unpaired) electrons. The number of carbonyl (C=O) groups is 5. The predicted octanol–water partition coefficient (Wildman–Crippen LogP) is 0.417. The average Bonchev–Trinajstić information content (AvgIpc) is 2.96. The molecule has 0 aliphatic carbocycles. The molecule has 1 aliphatic heterocycles. The van der Waals surface area contributed by atoms with Crippen molar-refractivity contribution >= 4 is 30.2 Å². The van der Waals surface area contributed by atoms with Crippen LogP contribution in [0.3, 0.4) is 0 Å². The van der Waals surface area contributed by atoms with Gasteiger partial charge in [0.2, 0.25) is 6.41 Å². The topological polar surface area (TPSA) is 131 Å². The zero-order chi connectivity index (χ0) is 19.8. The first-order valence-electron chi connectivity index (χ1n) is 8.12. The van der Waals surface area contributed by atoms with Crippen molar-refractivity contribution in [2.75, 3.05) is 0 Å². The van der Waals surface area contributed by atoms with E-state index in [-0.39, 0.29) is 32.3 Å². The third-order valence-electron chi connectivity index (χ3n) is 3.72. The van der Waals surface area contributed by atoms with Crippen LogP contribution in [-0.2, 0) is 40.3 Å². The summed E-state index contributed by atoms with van der Waals surface area (Å²) >= 11 is 0. The van der Waals surface area contributed by atoms with Crippen LogP contribution in [0.15, 0.2) is 30.3 Å². The van der Waals surface area contributed by atoms with E-state index >= 15 is 0 Å². The predicted molar refractivity (Wildman–Crippen MR) is 87.0 cm³/mol. The number of carboxylic acid groups (broad SMARTS) is 1. The molecule has 1 saturated heterocycles. The smallest absolute Gasteiger partial charge is 0.358 e. The number of carboxylic acids is 1. The van der Waals surface area contributed by atoms with Crippen molar-refractivity contribution < 1.29 is 38.8 Å². The molecule has 10 nitrogen and oxygen atoms in total. The van der Waals surface area contributed by atoms with Gasteiger partial charge in [0, 0.05) is 19.3 Å². The Kier molecular flexibility index (Phi) is 7.00. The summed E-state index contributed by atoms with van der Waals surface area (Å²) in [5.74, 6) is -3.71. The lowest BCUT2D eigenvalue weighted by Crippen LogP contribution is -2.45. The van der Waals surface area contributed by atoms with Crippen molar-refractivity contribution in [1.82, 2.24) is 10.1 Å². The second kappa shape index (κ2) is 9.43. The van der Waals surface area contributed by atoms with Gasteiger partial charge in [-0.2, -0.15) is 0 Å². The van der Waals surface area contributed by atoms with Gasteiger partial charge in [0.05, 0.1) is 0 Å². The monoisotopic (exact) mass is 378 g/mol. The first kappa shape index (κ1) is 20.0. The minimum atomic E-state index is -1.44. The van der Waals surface area contributed by atoms with Crippen LogP contribution in [0.4, 0.5) is 0 Å². The van der Waals surface area contributed by atoms with Crippen LogP contribution in [-0.4, -0.2) is 51.4 Å². The molecule has 1 heterocycles. The molecule has 1 aromatic carbocycles. The van der Waals surface area contributed by atoms with Crippen molar-refractivity contribution in [3.05, 3.63) is 35.9 Å². The molecule has 0 unspecified atom stereocenters. The quantitative estimate of drug-likeness (QED) is 0.352. The number of nitrogens with zero attached hydrogens (tertiary/aromatic N) is 2. The molecular formula is C17H18N2O8. The molecule has 10 heteroatoms. The van der Waals surface area contributed by atoms with Crippen LogP contribution in [0.25, 0.3) is 0 Å². The normalized spacial score (nSPS) is 14.7. The van der Waals surface area contributed by atoms with Crippen molar-refractivity contribution in [2.45, 2.75) is 38.3 Å². The Morgan fingerprint density at radius 1 is 1.19 bits per heavy atom. The Morgan fingerprint density at radius 3 is 2.37 bits per heavy atom. The van der Waals surface area contributed by atoms with Gasteiger partial charge in [-0.3, -0.25) is 24.0 Å². The highest BCUT2D eigenvalue weighted by atomic mass is 16.7. The average molecular weight is 378 g/mol. The number of amides is 3. The number of hydroxylamine groups is 4. The third-order valence-corrected chi connectivity index (χ3v) is 3.72. The molecule has 27 heavy (non-hydrogen) atoms. The standard InChI is InChI=1S/C17H18N2O8/c20-11-18(26-10-12-4-2-1-3-5-12)13(6-9-16(23)24)17(25)27-19-14(21)7-8-15(19)22/h1-5,11,13H,6-10H2,(H,23,24)/t13-/m0/s1. The lowest BCUT2D eigenvalue weighted by molar-refractivity contribution is -0.222. The summed E-state index contributed by atoms with van der Waals surface area (Å²) in [7, 11) is 0. The molecule has 3 amide bonds. The summed E-state index contributed by atoms with van der Waals surface area (Å²) in [6, 6.07) is 7.32. The van der Waals surface area contributed by atoms with E-state index in [0.717, 1.165) is 0 Å². The molecule has 144 valence electrons. The fourth-order valence-corrected chi connectivity index (χ4v) is 2.34. The molecule has 1 aliphatic rings. The molecule has 2 rings (SSSR count). The van der Waals surface area contributed by atoms with E-state index in [9.17, 15) is 24.0 Å². The SMILES string of the molecule is O=CN(OCc1ccccc1)[C@@H](CCC(=O)O)C(=O)ON1C(=O)CCC1=O. The van der Waals surface area contributed by atoms with Gasteiger partial charge in [-0.1, -0.05) is 30.3 Å². The molecule has 1 atom stereocenters. The van der Waals surface area contributed by atoms with Crippen LogP contribution in [0.2, 0.25) is 0 Å². The Balaban J connectivity index is 2.08. The zero-order valence-corrected chi connectivity index (χ0v) is 14.3. The minimum absolute atomic E-state index is 0.0575. The lowest BCUT2D eigenvalue weighted by Gasteiger charge is -2.26. The Bertz CT molecular complexity index is 705. The number of carbonyl (C=O) groups excluding carboxylic acids is 4. The van der Waals surface area contributed by atoms with Crippen LogP contribution in [0, 0.1) is 0 Å². The van der Waals surface area contributed by atoms with Crippen LogP contribution in [0.5, 0.6) is 0 Å². The van der Waals surface area contributed by atoms with E-state index in [1.165, 1.54) is 0 Å². The van der Waals surface area contributed by atoms with Gasteiger partial charge >= 0.3 is 11.9 Å². The van der Waals surface area contributed by atoms with Crippen molar-refractivity contribution in [1.29, 1.82) is 0 Å². The maximum absolute atomic E-state index is 12.4. The number of benzene rings is 1. The number of imide groups is 1. The first-order chi connectivity index (χ1) is 12.9. The highest BCUT2D eigenvalue weighted by molar-refractivity contribution is 6.01. The fraction of sp³-hybridized carbons (Fsp3) is 0.353. The van der Waals surface area contributed by atoms with Crippen LogP contribution in [0.1, 0.15) is 31.2 Å². The van der Waals surface area contributed by atoms with Crippen molar-refractivity contribution in [2.24, 2.45) is 0 Å². The van der Waals surface area contributed by atoms with Gasteiger partial charge in [-0.25, -0.2) is 9.86 Å². The Morgan fingerprint density at radius 2 is 1.81 bits per heavy atom. The molecular weight excluding hydrogens is 360 g/mol.